The SMILES string of the molecule is CC(=O)N1CC2=C(C1=O)[C@@H](c1coc3ccccc3c1=O)c1cn(C(C)C)c3cccc(c13)N2. The van der Waals surface area contributed by atoms with Crippen molar-refractivity contribution in [2.45, 2.75) is 32.7 Å². The third-order valence-corrected chi connectivity index (χ3v) is 6.84. The van der Waals surface area contributed by atoms with Crippen LogP contribution in [0.15, 0.2) is 75.4 Å². The zero-order chi connectivity index (χ0) is 23.7. The Bertz CT molecular complexity index is 1620. The number of hydrogen-bond donors (Lipinski definition) is 1. The second kappa shape index (κ2) is 7.18. The Balaban J connectivity index is 1.71. The lowest BCUT2D eigenvalue weighted by Crippen LogP contribution is -2.33. The molecule has 2 aliphatic rings. The van der Waals surface area contributed by atoms with E-state index in [1.807, 2.05) is 30.5 Å². The van der Waals surface area contributed by atoms with Crippen LogP contribution in [0, 0.1) is 0 Å². The van der Waals surface area contributed by atoms with E-state index in [1.54, 1.807) is 18.2 Å². The highest BCUT2D eigenvalue weighted by Gasteiger charge is 2.42. The summed E-state index contributed by atoms with van der Waals surface area (Å²) in [5, 5.41) is 4.85. The summed E-state index contributed by atoms with van der Waals surface area (Å²) in [6.45, 7) is 5.71. The van der Waals surface area contributed by atoms with Crippen LogP contribution in [0.3, 0.4) is 0 Å². The summed E-state index contributed by atoms with van der Waals surface area (Å²) in [6, 6.07) is 13.2. The molecule has 0 spiro atoms. The highest BCUT2D eigenvalue weighted by molar-refractivity contribution is 6.11. The topological polar surface area (TPSA) is 84.6 Å². The van der Waals surface area contributed by atoms with Gasteiger partial charge >= 0.3 is 0 Å². The number of para-hydroxylation sites is 1. The molecule has 0 aliphatic carbocycles. The van der Waals surface area contributed by atoms with Crippen LogP contribution in [0.5, 0.6) is 0 Å². The first kappa shape index (κ1) is 20.5. The number of fused-ring (bicyclic) bond motifs is 1. The number of nitrogens with one attached hydrogen (secondary N) is 1. The van der Waals surface area contributed by atoms with Crippen LogP contribution >= 0.6 is 0 Å². The lowest BCUT2D eigenvalue weighted by Gasteiger charge is -2.19. The van der Waals surface area contributed by atoms with Crippen molar-refractivity contribution in [2.24, 2.45) is 0 Å². The van der Waals surface area contributed by atoms with Gasteiger partial charge in [-0.2, -0.15) is 0 Å². The van der Waals surface area contributed by atoms with Gasteiger partial charge < -0.3 is 14.3 Å². The van der Waals surface area contributed by atoms with E-state index in [1.165, 1.54) is 18.1 Å². The average molecular weight is 453 g/mol. The van der Waals surface area contributed by atoms with Gasteiger partial charge in [0.15, 0.2) is 5.43 Å². The molecule has 2 aromatic carbocycles. The van der Waals surface area contributed by atoms with E-state index >= 15 is 0 Å². The zero-order valence-corrected chi connectivity index (χ0v) is 19.1. The van der Waals surface area contributed by atoms with Gasteiger partial charge in [-0.15, -0.1) is 0 Å². The molecule has 170 valence electrons. The van der Waals surface area contributed by atoms with Gasteiger partial charge in [-0.1, -0.05) is 18.2 Å². The molecule has 0 radical (unpaired) electrons. The van der Waals surface area contributed by atoms with E-state index < -0.39 is 5.92 Å². The van der Waals surface area contributed by atoms with E-state index in [4.69, 9.17) is 4.42 Å². The molecule has 2 amide bonds. The number of aromatic nitrogens is 1. The largest absolute Gasteiger partial charge is 0.464 e. The maximum Gasteiger partial charge on any atom is 0.259 e. The monoisotopic (exact) mass is 453 g/mol. The number of carbonyl (C=O) groups excluding carboxylic acids is 2. The Morgan fingerprint density at radius 3 is 2.65 bits per heavy atom. The smallest absolute Gasteiger partial charge is 0.259 e. The van der Waals surface area contributed by atoms with Crippen LogP contribution in [-0.2, 0) is 9.59 Å². The zero-order valence-electron chi connectivity index (χ0n) is 19.1. The normalized spacial score (nSPS) is 17.5. The van der Waals surface area contributed by atoms with Crippen molar-refractivity contribution >= 4 is 39.4 Å². The van der Waals surface area contributed by atoms with Crippen molar-refractivity contribution in [3.63, 3.8) is 0 Å². The summed E-state index contributed by atoms with van der Waals surface area (Å²) in [5.41, 5.74) is 4.45. The molecule has 0 unspecified atom stereocenters. The van der Waals surface area contributed by atoms with Gasteiger partial charge in [-0.05, 0) is 43.7 Å². The Morgan fingerprint density at radius 2 is 1.88 bits per heavy atom. The van der Waals surface area contributed by atoms with Crippen LogP contribution in [0.25, 0.3) is 21.9 Å². The number of nitrogens with zero attached hydrogens (tertiary/aromatic N) is 2. The predicted octanol–water partition coefficient (Wildman–Crippen LogP) is 4.53. The van der Waals surface area contributed by atoms with E-state index in [0.717, 1.165) is 22.2 Å². The Hall–Kier alpha value is -4.13. The standard InChI is InChI=1S/C27H23N3O4/c1-14(2)29-11-17-23(18-13-34-22-10-5-4-7-16(22)26(18)32)25-20(12-30(15(3)31)27(25)33)28-19-8-6-9-21(29)24(17)19/h4-11,13-14,23,28H,12H2,1-3H3/t23-/m1/s1. The minimum absolute atomic E-state index is 0.143. The van der Waals surface area contributed by atoms with Crippen LogP contribution in [-0.4, -0.2) is 27.8 Å². The summed E-state index contributed by atoms with van der Waals surface area (Å²) in [6.07, 6.45) is 3.50. The lowest BCUT2D eigenvalue weighted by molar-refractivity contribution is -0.139. The van der Waals surface area contributed by atoms with Crippen molar-refractivity contribution in [2.75, 3.05) is 11.9 Å². The van der Waals surface area contributed by atoms with E-state index in [0.29, 0.717) is 27.8 Å². The summed E-state index contributed by atoms with van der Waals surface area (Å²) in [5.74, 6) is -1.39. The summed E-state index contributed by atoms with van der Waals surface area (Å²) < 4.78 is 8.02. The highest BCUT2D eigenvalue weighted by atomic mass is 16.3. The third-order valence-electron chi connectivity index (χ3n) is 6.84. The minimum atomic E-state index is -0.675. The number of rotatable bonds is 2. The molecule has 2 aliphatic heterocycles. The Labute approximate surface area is 195 Å². The molecule has 1 N–H and O–H groups in total. The molecular formula is C27H23N3O4. The molecule has 2 aromatic heterocycles. The summed E-state index contributed by atoms with van der Waals surface area (Å²) in [7, 11) is 0. The molecule has 6 rings (SSSR count). The van der Waals surface area contributed by atoms with Crippen LogP contribution < -0.4 is 10.7 Å². The van der Waals surface area contributed by atoms with Crippen molar-refractivity contribution < 1.29 is 14.0 Å². The number of amides is 2. The van der Waals surface area contributed by atoms with Crippen molar-refractivity contribution in [1.29, 1.82) is 0 Å². The van der Waals surface area contributed by atoms with Crippen LogP contribution in [0.2, 0.25) is 0 Å². The molecular weight excluding hydrogens is 430 g/mol. The second-order valence-corrected chi connectivity index (χ2v) is 9.16. The highest BCUT2D eigenvalue weighted by Crippen LogP contribution is 2.46. The number of anilines is 1. The second-order valence-electron chi connectivity index (χ2n) is 9.16. The predicted molar refractivity (Wildman–Crippen MR) is 130 cm³/mol. The first-order valence-electron chi connectivity index (χ1n) is 11.3. The first-order chi connectivity index (χ1) is 16.4. The maximum absolute atomic E-state index is 13.7. The van der Waals surface area contributed by atoms with Gasteiger partial charge in [-0.25, -0.2) is 0 Å². The molecule has 7 heteroatoms. The van der Waals surface area contributed by atoms with E-state index in [2.05, 4.69) is 23.7 Å². The fraction of sp³-hybridized carbons (Fsp3) is 0.222. The first-order valence-corrected chi connectivity index (χ1v) is 11.3. The lowest BCUT2D eigenvalue weighted by atomic mass is 9.84. The third kappa shape index (κ3) is 2.73. The Kier molecular flexibility index (Phi) is 4.33. The molecule has 4 aromatic rings. The fourth-order valence-corrected chi connectivity index (χ4v) is 5.27. The molecule has 0 saturated heterocycles. The van der Waals surface area contributed by atoms with Crippen LogP contribution in [0.1, 0.15) is 43.9 Å². The Morgan fingerprint density at radius 1 is 1.09 bits per heavy atom. The van der Waals surface area contributed by atoms with Crippen molar-refractivity contribution in [1.82, 2.24) is 9.47 Å². The molecule has 4 heterocycles. The van der Waals surface area contributed by atoms with Gasteiger partial charge in [0.25, 0.3) is 5.91 Å². The van der Waals surface area contributed by atoms with Crippen molar-refractivity contribution in [3.8, 4) is 0 Å². The van der Waals surface area contributed by atoms with Crippen LogP contribution in [0.4, 0.5) is 5.69 Å². The van der Waals surface area contributed by atoms with E-state index in [-0.39, 0.29) is 29.8 Å². The molecule has 7 nitrogen and oxygen atoms in total. The maximum atomic E-state index is 13.7. The molecule has 0 bridgehead atoms. The minimum Gasteiger partial charge on any atom is -0.464 e. The van der Waals surface area contributed by atoms with E-state index in [9.17, 15) is 14.4 Å². The quantitative estimate of drug-likeness (QED) is 0.482. The summed E-state index contributed by atoms with van der Waals surface area (Å²) in [4.78, 5) is 40.8. The number of benzene rings is 2. The number of hydrogen-bond acceptors (Lipinski definition) is 5. The molecule has 34 heavy (non-hydrogen) atoms. The fourth-order valence-electron chi connectivity index (χ4n) is 5.27. The van der Waals surface area contributed by atoms with Gasteiger partial charge in [-0.3, -0.25) is 19.3 Å². The average Bonchev–Trinajstić information content (AvgIpc) is 3.31. The molecule has 0 fully saturated rings. The number of carbonyl (C=O) groups is 2. The number of imide groups is 1. The van der Waals surface area contributed by atoms with Gasteiger partial charge in [0.2, 0.25) is 5.91 Å². The van der Waals surface area contributed by atoms with Gasteiger partial charge in [0.1, 0.15) is 5.58 Å². The molecule has 1 atom stereocenters. The van der Waals surface area contributed by atoms with Crippen molar-refractivity contribution in [3.05, 3.63) is 87.5 Å². The van der Waals surface area contributed by atoms with Gasteiger partial charge in [0, 0.05) is 41.5 Å². The summed E-state index contributed by atoms with van der Waals surface area (Å²) >= 11 is 0. The van der Waals surface area contributed by atoms with Gasteiger partial charge in [0.05, 0.1) is 35.2 Å². The molecule has 0 saturated carbocycles.